The van der Waals surface area contributed by atoms with Crippen molar-refractivity contribution in [3.63, 3.8) is 0 Å². The Labute approximate surface area is 187 Å². The van der Waals surface area contributed by atoms with Crippen molar-refractivity contribution in [1.82, 2.24) is 29.4 Å². The van der Waals surface area contributed by atoms with Crippen molar-refractivity contribution in [3.05, 3.63) is 78.5 Å². The van der Waals surface area contributed by atoms with Gasteiger partial charge in [0.25, 0.3) is 5.91 Å². The van der Waals surface area contributed by atoms with Crippen molar-refractivity contribution in [2.45, 2.75) is 6.54 Å². The van der Waals surface area contributed by atoms with Gasteiger partial charge in [-0.1, -0.05) is 12.1 Å². The number of benzene rings is 1. The highest BCUT2D eigenvalue weighted by Crippen LogP contribution is 2.20. The first kappa shape index (κ1) is 21.5. The molecule has 0 saturated heterocycles. The number of nitrogens with zero attached hydrogens (tertiary/aromatic N) is 6. The molecule has 0 aliphatic rings. The summed E-state index contributed by atoms with van der Waals surface area (Å²) >= 11 is 0. The number of hydrogen-bond donors (Lipinski definition) is 0. The zero-order valence-corrected chi connectivity index (χ0v) is 18.5. The quantitative estimate of drug-likeness (QED) is 0.428. The third-order valence-electron chi connectivity index (χ3n) is 5.22. The number of pyridine rings is 1. The minimum Gasteiger partial charge on any atom is -0.497 e. The van der Waals surface area contributed by atoms with Crippen LogP contribution >= 0.6 is 0 Å². The molecular weight excluding hydrogens is 404 g/mol. The van der Waals surface area contributed by atoms with E-state index in [2.05, 4.69) is 20.0 Å². The Morgan fingerprint density at radius 1 is 1.09 bits per heavy atom. The van der Waals surface area contributed by atoms with E-state index in [1.807, 2.05) is 61.6 Å². The molecule has 1 amide bonds. The first-order valence-corrected chi connectivity index (χ1v) is 10.4. The molecule has 0 spiro atoms. The highest BCUT2D eigenvalue weighted by Gasteiger charge is 2.21. The number of methoxy groups -OCH3 is 1. The van der Waals surface area contributed by atoms with Crippen molar-refractivity contribution in [2.24, 2.45) is 0 Å². The van der Waals surface area contributed by atoms with E-state index >= 15 is 0 Å². The molecule has 1 aromatic carbocycles. The van der Waals surface area contributed by atoms with Gasteiger partial charge in [-0.3, -0.25) is 14.8 Å². The van der Waals surface area contributed by atoms with Crippen LogP contribution in [-0.2, 0) is 6.54 Å². The average Bonchev–Trinajstić information content (AvgIpc) is 3.25. The molecule has 3 heterocycles. The van der Waals surface area contributed by atoms with Crippen LogP contribution in [-0.4, -0.2) is 69.6 Å². The van der Waals surface area contributed by atoms with Crippen LogP contribution in [0, 0.1) is 0 Å². The normalized spacial score (nSPS) is 11.1. The predicted octanol–water partition coefficient (Wildman–Crippen LogP) is 3.00. The summed E-state index contributed by atoms with van der Waals surface area (Å²) in [6, 6.07) is 11.6. The second-order valence-corrected chi connectivity index (χ2v) is 7.78. The van der Waals surface area contributed by atoms with Crippen LogP contribution in [0.3, 0.4) is 0 Å². The maximum Gasteiger partial charge on any atom is 0.258 e. The minimum atomic E-state index is -0.0804. The second-order valence-electron chi connectivity index (χ2n) is 7.78. The van der Waals surface area contributed by atoms with Crippen LogP contribution in [0.4, 0.5) is 0 Å². The summed E-state index contributed by atoms with van der Waals surface area (Å²) in [6.07, 6.45) is 8.59. The monoisotopic (exact) mass is 430 g/mol. The van der Waals surface area contributed by atoms with E-state index in [9.17, 15) is 4.79 Å². The number of aromatic nitrogens is 4. The van der Waals surface area contributed by atoms with Crippen LogP contribution in [0.2, 0.25) is 0 Å². The molecule has 0 fully saturated rings. The van der Waals surface area contributed by atoms with E-state index in [1.54, 1.807) is 36.4 Å². The van der Waals surface area contributed by atoms with Crippen molar-refractivity contribution in [1.29, 1.82) is 0 Å². The van der Waals surface area contributed by atoms with E-state index in [4.69, 9.17) is 4.74 Å². The molecule has 0 atom stereocenters. The van der Waals surface area contributed by atoms with Crippen LogP contribution in [0.1, 0.15) is 15.9 Å². The third-order valence-corrected chi connectivity index (χ3v) is 5.22. The van der Waals surface area contributed by atoms with E-state index in [-0.39, 0.29) is 5.91 Å². The van der Waals surface area contributed by atoms with Gasteiger partial charge in [-0.2, -0.15) is 5.10 Å². The molecule has 4 rings (SSSR count). The molecule has 0 radical (unpaired) electrons. The zero-order chi connectivity index (χ0) is 22.5. The maximum absolute atomic E-state index is 13.5. The largest absolute Gasteiger partial charge is 0.497 e. The van der Waals surface area contributed by atoms with Gasteiger partial charge >= 0.3 is 0 Å². The third kappa shape index (κ3) is 4.76. The van der Waals surface area contributed by atoms with E-state index in [0.717, 1.165) is 29.1 Å². The summed E-state index contributed by atoms with van der Waals surface area (Å²) < 4.78 is 7.04. The molecule has 0 saturated carbocycles. The molecule has 8 nitrogen and oxygen atoms in total. The number of fused-ring (bicyclic) bond motifs is 1. The fourth-order valence-electron chi connectivity index (χ4n) is 3.45. The Morgan fingerprint density at radius 3 is 2.66 bits per heavy atom. The number of likely N-dealkylation sites (N-methyl/N-ethyl adjacent to an activating group) is 1. The smallest absolute Gasteiger partial charge is 0.258 e. The Bertz CT molecular complexity index is 1210. The van der Waals surface area contributed by atoms with Gasteiger partial charge in [-0.15, -0.1) is 0 Å². The number of carbonyl (C=O) groups excluding carboxylic acids is 1. The number of amides is 1. The summed E-state index contributed by atoms with van der Waals surface area (Å²) in [4.78, 5) is 26.0. The predicted molar refractivity (Wildman–Crippen MR) is 123 cm³/mol. The summed E-state index contributed by atoms with van der Waals surface area (Å²) in [5, 5.41) is 4.42. The highest BCUT2D eigenvalue weighted by molar-refractivity contribution is 6.00. The summed E-state index contributed by atoms with van der Waals surface area (Å²) in [7, 11) is 5.63. The second kappa shape index (κ2) is 9.57. The van der Waals surface area contributed by atoms with Crippen LogP contribution < -0.4 is 4.74 Å². The Hall–Kier alpha value is -3.78. The van der Waals surface area contributed by atoms with Crippen molar-refractivity contribution in [3.8, 4) is 17.0 Å². The SMILES string of the molecule is COc1cccc(CN(CCN(C)C)C(=O)c2cnn3cc(-c4ccncc4)ncc23)c1. The summed E-state index contributed by atoms with van der Waals surface area (Å²) in [5.74, 6) is 0.689. The lowest BCUT2D eigenvalue weighted by atomic mass is 10.1. The van der Waals surface area contributed by atoms with Gasteiger partial charge in [0, 0.05) is 37.6 Å². The molecule has 8 heteroatoms. The topological polar surface area (TPSA) is 75.9 Å². The van der Waals surface area contributed by atoms with Gasteiger partial charge in [0.1, 0.15) is 5.75 Å². The summed E-state index contributed by atoms with van der Waals surface area (Å²) in [5.41, 5.74) is 3.92. The van der Waals surface area contributed by atoms with Crippen LogP contribution in [0.5, 0.6) is 5.75 Å². The molecule has 164 valence electrons. The number of hydrogen-bond acceptors (Lipinski definition) is 6. The lowest BCUT2D eigenvalue weighted by molar-refractivity contribution is 0.0733. The van der Waals surface area contributed by atoms with E-state index in [1.165, 1.54) is 0 Å². The van der Waals surface area contributed by atoms with Crippen LogP contribution in [0.15, 0.2) is 67.4 Å². The number of rotatable bonds is 8. The molecule has 0 unspecified atom stereocenters. The fourth-order valence-corrected chi connectivity index (χ4v) is 3.45. The van der Waals surface area contributed by atoms with Gasteiger partial charge in [-0.25, -0.2) is 4.52 Å². The minimum absolute atomic E-state index is 0.0804. The fraction of sp³-hybridized carbons (Fsp3) is 0.250. The van der Waals surface area contributed by atoms with Crippen molar-refractivity contribution >= 4 is 11.4 Å². The molecule has 0 N–H and O–H groups in total. The van der Waals surface area contributed by atoms with Gasteiger partial charge in [0.2, 0.25) is 0 Å². The summed E-state index contributed by atoms with van der Waals surface area (Å²) in [6.45, 7) is 1.81. The zero-order valence-electron chi connectivity index (χ0n) is 18.5. The Morgan fingerprint density at radius 2 is 1.91 bits per heavy atom. The molecule has 0 aliphatic heterocycles. The van der Waals surface area contributed by atoms with Gasteiger partial charge < -0.3 is 14.5 Å². The molecule has 0 aliphatic carbocycles. The first-order chi connectivity index (χ1) is 15.5. The number of carbonyl (C=O) groups is 1. The first-order valence-electron chi connectivity index (χ1n) is 10.4. The average molecular weight is 431 g/mol. The Balaban J connectivity index is 1.63. The van der Waals surface area contributed by atoms with E-state index < -0.39 is 0 Å². The lowest BCUT2D eigenvalue weighted by Crippen LogP contribution is -2.36. The molecule has 3 aromatic heterocycles. The van der Waals surface area contributed by atoms with Gasteiger partial charge in [-0.05, 0) is 43.9 Å². The van der Waals surface area contributed by atoms with Crippen LogP contribution in [0.25, 0.3) is 16.8 Å². The van der Waals surface area contributed by atoms with Crippen molar-refractivity contribution in [2.75, 3.05) is 34.3 Å². The van der Waals surface area contributed by atoms with E-state index in [0.29, 0.717) is 24.2 Å². The lowest BCUT2D eigenvalue weighted by Gasteiger charge is -2.24. The molecular formula is C24H26N6O2. The molecule has 4 aromatic rings. The van der Waals surface area contributed by atoms with Gasteiger partial charge in [0.15, 0.2) is 0 Å². The van der Waals surface area contributed by atoms with Gasteiger partial charge in [0.05, 0.1) is 42.5 Å². The number of ether oxygens (including phenoxy) is 1. The Kier molecular flexibility index (Phi) is 6.42. The molecule has 32 heavy (non-hydrogen) atoms. The maximum atomic E-state index is 13.5. The standard InChI is InChI=1S/C24H26N6O2/c1-28(2)11-12-29(16-18-5-4-6-20(13-18)32-3)24(31)21-14-27-30-17-22(26-15-23(21)30)19-7-9-25-10-8-19/h4-10,13-15,17H,11-12,16H2,1-3H3. The van der Waals surface area contributed by atoms with Crippen molar-refractivity contribution < 1.29 is 9.53 Å². The highest BCUT2D eigenvalue weighted by atomic mass is 16.5. The molecule has 0 bridgehead atoms.